The third kappa shape index (κ3) is 5.94. The van der Waals surface area contributed by atoms with Gasteiger partial charge in [0.25, 0.3) is 0 Å². The second-order valence-electron chi connectivity index (χ2n) is 12.8. The van der Waals surface area contributed by atoms with Crippen LogP contribution < -0.4 is 5.32 Å². The lowest BCUT2D eigenvalue weighted by Gasteiger charge is -2.43. The molecule has 5 rings (SSSR count). The van der Waals surface area contributed by atoms with E-state index >= 15 is 0 Å². The highest BCUT2D eigenvalue weighted by molar-refractivity contribution is 4.99. The molecule has 5 fully saturated rings. The van der Waals surface area contributed by atoms with E-state index in [0.29, 0.717) is 0 Å². The van der Waals surface area contributed by atoms with Gasteiger partial charge in [0.1, 0.15) is 0 Å². The Morgan fingerprint density at radius 3 is 1.69 bits per heavy atom. The van der Waals surface area contributed by atoms with Crippen molar-refractivity contribution in [3.05, 3.63) is 0 Å². The molecule has 5 aliphatic rings. The molecule has 0 amide bonds. The molecule has 3 heterocycles. The summed E-state index contributed by atoms with van der Waals surface area (Å²) in [5, 5.41) is 4.06. The Kier molecular flexibility index (Phi) is 8.91. The minimum Gasteiger partial charge on any atom is -0.313 e. The summed E-state index contributed by atoms with van der Waals surface area (Å²) in [6.45, 7) is 4.14. The van der Waals surface area contributed by atoms with E-state index in [4.69, 9.17) is 0 Å². The Hall–Kier alpha value is -0.0800. The highest BCUT2D eigenvalue weighted by atomic mass is 15.2. The predicted octanol–water partition coefficient (Wildman–Crippen LogP) is 7.57. The van der Waals surface area contributed by atoms with Gasteiger partial charge in [0.15, 0.2) is 0 Å². The maximum atomic E-state index is 4.06. The molecule has 184 valence electrons. The molecule has 3 aliphatic heterocycles. The number of nitrogens with one attached hydrogen (secondary N) is 1. The van der Waals surface area contributed by atoms with Crippen LogP contribution in [0.5, 0.6) is 0 Å². The van der Waals surface area contributed by atoms with Crippen molar-refractivity contribution in [2.75, 3.05) is 19.6 Å². The van der Waals surface area contributed by atoms with Crippen molar-refractivity contribution < 1.29 is 0 Å². The predicted molar refractivity (Wildman–Crippen MR) is 137 cm³/mol. The first-order chi connectivity index (χ1) is 15.9. The van der Waals surface area contributed by atoms with Gasteiger partial charge in [-0.1, -0.05) is 96.3 Å². The van der Waals surface area contributed by atoms with Gasteiger partial charge in [0.2, 0.25) is 0 Å². The van der Waals surface area contributed by atoms with E-state index in [-0.39, 0.29) is 0 Å². The van der Waals surface area contributed by atoms with Gasteiger partial charge < -0.3 is 5.32 Å². The quantitative estimate of drug-likeness (QED) is 0.416. The van der Waals surface area contributed by atoms with Crippen molar-refractivity contribution in [3.8, 4) is 0 Å². The van der Waals surface area contributed by atoms with Crippen LogP contribution in [0.3, 0.4) is 0 Å². The molecule has 8 unspecified atom stereocenters. The zero-order valence-corrected chi connectivity index (χ0v) is 21.3. The molecule has 2 aliphatic carbocycles. The summed E-state index contributed by atoms with van der Waals surface area (Å²) < 4.78 is 0. The van der Waals surface area contributed by atoms with Crippen molar-refractivity contribution in [1.29, 1.82) is 0 Å². The Bertz CT molecular complexity index is 547. The maximum absolute atomic E-state index is 4.06. The van der Waals surface area contributed by atoms with Gasteiger partial charge in [0.05, 0.1) is 0 Å². The highest BCUT2D eigenvalue weighted by Crippen LogP contribution is 2.42. The summed E-state index contributed by atoms with van der Waals surface area (Å²) in [5.41, 5.74) is 0. The minimum atomic E-state index is 0.838. The molecule has 8 atom stereocenters. The fraction of sp³-hybridized carbons (Fsp3) is 1.00. The molecule has 32 heavy (non-hydrogen) atoms. The topological polar surface area (TPSA) is 15.3 Å². The number of nitrogens with zero attached hydrogens (tertiary/aromatic N) is 1. The smallest absolute Gasteiger partial charge is 0.0123 e. The summed E-state index contributed by atoms with van der Waals surface area (Å²) >= 11 is 0. The van der Waals surface area contributed by atoms with Crippen LogP contribution in [0.15, 0.2) is 0 Å². The van der Waals surface area contributed by atoms with Gasteiger partial charge in [-0.15, -0.1) is 0 Å². The summed E-state index contributed by atoms with van der Waals surface area (Å²) in [6.07, 6.45) is 30.4. The van der Waals surface area contributed by atoms with E-state index in [1.54, 1.807) is 32.1 Å². The largest absolute Gasteiger partial charge is 0.313 e. The lowest BCUT2D eigenvalue weighted by molar-refractivity contribution is 0.0703. The second-order valence-corrected chi connectivity index (χ2v) is 12.8. The molecule has 0 aromatic carbocycles. The SMILES string of the molecule is C1CCCC2CCCCCC(CC1)C1CCCCCCC(CC1)C1CNC3CCN2CC31. The Labute approximate surface area is 200 Å². The zero-order chi connectivity index (χ0) is 21.6. The summed E-state index contributed by atoms with van der Waals surface area (Å²) in [6, 6.07) is 1.73. The number of piperidine rings is 1. The van der Waals surface area contributed by atoms with E-state index < -0.39 is 0 Å². The molecule has 0 aromatic heterocycles. The average molecular weight is 443 g/mol. The Balaban J connectivity index is 1.42. The number of hydrogen-bond donors (Lipinski definition) is 1. The van der Waals surface area contributed by atoms with Crippen LogP contribution >= 0.6 is 0 Å². The van der Waals surface area contributed by atoms with Gasteiger partial charge in [-0.2, -0.15) is 0 Å². The number of hydrogen-bond acceptors (Lipinski definition) is 2. The molecular weight excluding hydrogens is 388 g/mol. The fourth-order valence-corrected chi connectivity index (χ4v) is 8.99. The second kappa shape index (κ2) is 12.1. The van der Waals surface area contributed by atoms with Crippen molar-refractivity contribution in [2.45, 2.75) is 141 Å². The average Bonchev–Trinajstić information content (AvgIpc) is 3.24. The summed E-state index contributed by atoms with van der Waals surface area (Å²) in [5.74, 6) is 5.03. The van der Waals surface area contributed by atoms with E-state index in [9.17, 15) is 0 Å². The monoisotopic (exact) mass is 442 g/mol. The van der Waals surface area contributed by atoms with Crippen LogP contribution in [0.4, 0.5) is 0 Å². The van der Waals surface area contributed by atoms with E-state index in [1.807, 2.05) is 0 Å². The highest BCUT2D eigenvalue weighted by Gasteiger charge is 2.44. The zero-order valence-electron chi connectivity index (χ0n) is 21.3. The van der Waals surface area contributed by atoms with Crippen LogP contribution in [-0.2, 0) is 0 Å². The molecule has 0 spiro atoms. The minimum absolute atomic E-state index is 0.838. The van der Waals surface area contributed by atoms with Crippen LogP contribution in [0, 0.1) is 29.6 Å². The van der Waals surface area contributed by atoms with Gasteiger partial charge in [-0.25, -0.2) is 0 Å². The number of rotatable bonds is 0. The third-order valence-corrected chi connectivity index (χ3v) is 10.9. The van der Waals surface area contributed by atoms with Crippen LogP contribution in [0.25, 0.3) is 0 Å². The molecule has 1 N–H and O–H groups in total. The van der Waals surface area contributed by atoms with Crippen molar-refractivity contribution in [1.82, 2.24) is 10.2 Å². The van der Waals surface area contributed by atoms with Gasteiger partial charge in [0, 0.05) is 18.6 Å². The van der Waals surface area contributed by atoms with Crippen molar-refractivity contribution in [3.63, 3.8) is 0 Å². The normalized spacial score (nSPS) is 45.0. The molecular formula is C30H54N2. The van der Waals surface area contributed by atoms with Crippen molar-refractivity contribution in [2.24, 2.45) is 29.6 Å². The summed E-state index contributed by atoms with van der Waals surface area (Å²) in [4.78, 5) is 3.02. The Morgan fingerprint density at radius 2 is 1.00 bits per heavy atom. The maximum Gasteiger partial charge on any atom is 0.0123 e. The van der Waals surface area contributed by atoms with E-state index in [2.05, 4.69) is 10.2 Å². The molecule has 2 saturated carbocycles. The van der Waals surface area contributed by atoms with E-state index in [0.717, 1.165) is 41.7 Å². The first kappa shape index (κ1) is 23.7. The molecule has 0 aromatic rings. The third-order valence-electron chi connectivity index (χ3n) is 10.9. The Morgan fingerprint density at radius 1 is 0.469 bits per heavy atom. The molecule has 2 heteroatoms. The molecule has 0 radical (unpaired) electrons. The van der Waals surface area contributed by atoms with Gasteiger partial charge >= 0.3 is 0 Å². The van der Waals surface area contributed by atoms with E-state index in [1.165, 1.54) is 116 Å². The lowest BCUT2D eigenvalue weighted by Crippen LogP contribution is -2.50. The number of fused-ring (bicyclic) bond motifs is 13. The molecule has 3 saturated heterocycles. The first-order valence-corrected chi connectivity index (χ1v) is 15.4. The van der Waals surface area contributed by atoms with Crippen LogP contribution in [0.1, 0.15) is 128 Å². The summed E-state index contributed by atoms with van der Waals surface area (Å²) in [7, 11) is 0. The molecule has 6 bridgehead atoms. The first-order valence-electron chi connectivity index (χ1n) is 15.4. The fourth-order valence-electron chi connectivity index (χ4n) is 8.99. The van der Waals surface area contributed by atoms with Gasteiger partial charge in [-0.3, -0.25) is 4.90 Å². The lowest BCUT2D eigenvalue weighted by atomic mass is 9.71. The van der Waals surface area contributed by atoms with Crippen molar-refractivity contribution >= 4 is 0 Å². The van der Waals surface area contributed by atoms with Crippen LogP contribution in [-0.4, -0.2) is 36.6 Å². The standard InChI is InChI=1S/C30H54N2/c1-2-8-15-26-19-18-25(14-7-1)24-12-6-3-4-10-16-27(17-11-5-9-13-24)32-21-20-30-29(23-32)28(26)22-31-30/h24-31H,1-23H2. The molecule has 2 nitrogen and oxygen atoms in total. The van der Waals surface area contributed by atoms with Crippen LogP contribution in [0.2, 0.25) is 0 Å². The van der Waals surface area contributed by atoms with Gasteiger partial charge in [-0.05, 0) is 74.8 Å².